The Morgan fingerprint density at radius 1 is 1.23 bits per heavy atom. The highest BCUT2D eigenvalue weighted by Crippen LogP contribution is 2.35. The van der Waals surface area contributed by atoms with Gasteiger partial charge in [0.15, 0.2) is 11.6 Å². The molecule has 0 radical (unpaired) electrons. The first-order chi connectivity index (χ1) is 16.4. The van der Waals surface area contributed by atoms with Crippen molar-refractivity contribution in [2.75, 3.05) is 24.1 Å². The Morgan fingerprint density at radius 3 is 2.63 bits per heavy atom. The lowest BCUT2D eigenvalue weighted by Gasteiger charge is -2.20. The maximum Gasteiger partial charge on any atom is 0.416 e. The highest BCUT2D eigenvalue weighted by atomic mass is 19.4. The number of nitrogen functional groups attached to an aromatic ring is 1. The lowest BCUT2D eigenvalue weighted by atomic mass is 10.0. The van der Waals surface area contributed by atoms with Crippen LogP contribution in [0.25, 0.3) is 10.9 Å². The summed E-state index contributed by atoms with van der Waals surface area (Å²) in [5.41, 5.74) is 5.48. The Labute approximate surface area is 199 Å². The molecule has 2 atom stereocenters. The predicted molar refractivity (Wildman–Crippen MR) is 123 cm³/mol. The van der Waals surface area contributed by atoms with E-state index in [1.165, 1.54) is 25.1 Å². The normalized spacial score (nSPS) is 17.0. The molecule has 7 nitrogen and oxygen atoms in total. The van der Waals surface area contributed by atoms with Crippen molar-refractivity contribution in [2.24, 2.45) is 0 Å². The third-order valence-electron chi connectivity index (χ3n) is 5.90. The van der Waals surface area contributed by atoms with Crippen LogP contribution in [-0.4, -0.2) is 40.0 Å². The van der Waals surface area contributed by atoms with Crippen molar-refractivity contribution in [1.29, 1.82) is 0 Å². The summed E-state index contributed by atoms with van der Waals surface area (Å²) in [7, 11) is 0. The number of carbonyl (C=O) groups is 1. The lowest BCUT2D eigenvalue weighted by Crippen LogP contribution is -2.28. The second-order valence-electron chi connectivity index (χ2n) is 8.66. The molecule has 2 heterocycles. The van der Waals surface area contributed by atoms with Crippen molar-refractivity contribution in [3.05, 3.63) is 53.1 Å². The summed E-state index contributed by atoms with van der Waals surface area (Å²) in [6.07, 6.45) is -4.33. The lowest BCUT2D eigenvalue weighted by molar-refractivity contribution is -0.137. The average Bonchev–Trinajstić information content (AvgIpc) is 3.22. The number of fused-ring (bicyclic) bond motifs is 1. The number of alkyl halides is 3. The van der Waals surface area contributed by atoms with E-state index in [0.717, 1.165) is 12.1 Å². The molecule has 1 aromatic heterocycles. The van der Waals surface area contributed by atoms with Gasteiger partial charge in [0.1, 0.15) is 17.7 Å². The van der Waals surface area contributed by atoms with Crippen LogP contribution < -0.4 is 15.8 Å². The van der Waals surface area contributed by atoms with E-state index < -0.39 is 23.6 Å². The van der Waals surface area contributed by atoms with E-state index in [-0.39, 0.29) is 23.4 Å². The highest BCUT2D eigenvalue weighted by molar-refractivity contribution is 5.90. The van der Waals surface area contributed by atoms with Gasteiger partial charge in [-0.2, -0.15) is 13.2 Å². The van der Waals surface area contributed by atoms with Crippen molar-refractivity contribution in [3.8, 4) is 5.75 Å². The number of nitrogens with one attached hydrogen (secondary N) is 1. The summed E-state index contributed by atoms with van der Waals surface area (Å²) >= 11 is 0. The molecule has 0 saturated carbocycles. The van der Waals surface area contributed by atoms with Crippen LogP contribution in [0.4, 0.5) is 29.1 Å². The zero-order chi connectivity index (χ0) is 25.5. The number of amides is 1. The molecule has 2 aromatic carbocycles. The molecule has 1 aliphatic rings. The Bertz CT molecular complexity index is 1280. The van der Waals surface area contributed by atoms with Crippen molar-refractivity contribution in [2.45, 2.75) is 45.5 Å². The fourth-order valence-electron chi connectivity index (χ4n) is 4.12. The number of likely N-dealkylation sites (tertiary alicyclic amines) is 1. The highest BCUT2D eigenvalue weighted by Gasteiger charge is 2.31. The van der Waals surface area contributed by atoms with E-state index in [2.05, 4.69) is 15.3 Å². The zero-order valence-electron chi connectivity index (χ0n) is 19.4. The van der Waals surface area contributed by atoms with Gasteiger partial charge in [0.2, 0.25) is 5.91 Å². The quantitative estimate of drug-likeness (QED) is 0.392. The van der Waals surface area contributed by atoms with Crippen molar-refractivity contribution < 1.29 is 27.1 Å². The number of aryl methyl sites for hydroxylation is 1. The monoisotopic (exact) mass is 491 g/mol. The van der Waals surface area contributed by atoms with Gasteiger partial charge in [0.25, 0.3) is 0 Å². The van der Waals surface area contributed by atoms with Gasteiger partial charge in [-0.05, 0) is 43.7 Å². The van der Waals surface area contributed by atoms with E-state index in [1.807, 2.05) is 0 Å². The standard InChI is InChI=1S/C24H25F4N5O2/c1-12(15-6-16(24(26,27)28)8-17(29)7-15)30-23-19-9-22(20(25)10-21(19)31-13(2)32-23)35-18-4-5-33(11-18)14(3)34/h6-10,12,18H,4-5,11,29H2,1-3H3,(H,30,31,32)/t12-,18-/m0/s1. The number of carbonyl (C=O) groups excluding carboxylic acids is 1. The first-order valence-electron chi connectivity index (χ1n) is 11.0. The average molecular weight is 491 g/mol. The van der Waals surface area contributed by atoms with Crippen molar-refractivity contribution in [1.82, 2.24) is 14.9 Å². The summed E-state index contributed by atoms with van der Waals surface area (Å²) in [5.74, 6) is -0.0232. The smallest absolute Gasteiger partial charge is 0.416 e. The molecule has 0 bridgehead atoms. The SMILES string of the molecule is CC(=O)N1CC[C@H](Oc2cc3c(N[C@@H](C)c4cc(N)cc(C(F)(F)F)c4)nc(C)nc3cc2F)C1. The minimum atomic E-state index is -4.54. The fourth-order valence-corrected chi connectivity index (χ4v) is 4.12. The van der Waals surface area contributed by atoms with Gasteiger partial charge < -0.3 is 20.7 Å². The summed E-state index contributed by atoms with van der Waals surface area (Å²) in [6, 6.07) is 5.46. The third-order valence-corrected chi connectivity index (χ3v) is 5.90. The van der Waals surface area contributed by atoms with Gasteiger partial charge in [-0.15, -0.1) is 0 Å². The Balaban J connectivity index is 1.65. The molecule has 35 heavy (non-hydrogen) atoms. The van der Waals surface area contributed by atoms with E-state index in [1.54, 1.807) is 18.7 Å². The maximum atomic E-state index is 14.8. The molecule has 11 heteroatoms. The number of nitrogens with zero attached hydrogens (tertiary/aromatic N) is 3. The van der Waals surface area contributed by atoms with E-state index in [4.69, 9.17) is 10.5 Å². The summed E-state index contributed by atoms with van der Waals surface area (Å²) in [4.78, 5) is 21.9. The van der Waals surface area contributed by atoms with E-state index in [9.17, 15) is 22.4 Å². The van der Waals surface area contributed by atoms with Gasteiger partial charge in [0.05, 0.1) is 23.7 Å². The molecule has 1 fully saturated rings. The van der Waals surface area contributed by atoms with Crippen LogP contribution in [0, 0.1) is 12.7 Å². The number of aromatic nitrogens is 2. The van der Waals surface area contributed by atoms with Crippen LogP contribution in [0.1, 0.15) is 43.3 Å². The minimum absolute atomic E-state index is 0.0128. The number of hydrogen-bond donors (Lipinski definition) is 2. The first kappa shape index (κ1) is 24.5. The number of hydrogen-bond acceptors (Lipinski definition) is 6. The van der Waals surface area contributed by atoms with Gasteiger partial charge in [-0.25, -0.2) is 14.4 Å². The minimum Gasteiger partial charge on any atom is -0.485 e. The summed E-state index contributed by atoms with van der Waals surface area (Å²) < 4.78 is 60.4. The van der Waals surface area contributed by atoms with Crippen molar-refractivity contribution in [3.63, 3.8) is 0 Å². The van der Waals surface area contributed by atoms with Crippen LogP contribution in [0.15, 0.2) is 30.3 Å². The molecular formula is C24H25F4N5O2. The summed E-state index contributed by atoms with van der Waals surface area (Å²) in [5, 5.41) is 3.55. The number of nitrogens with two attached hydrogens (primary N) is 1. The Kier molecular flexibility index (Phi) is 6.44. The Hall–Kier alpha value is -3.63. The topological polar surface area (TPSA) is 93.4 Å². The fraction of sp³-hybridized carbons (Fsp3) is 0.375. The molecule has 1 amide bonds. The molecule has 186 valence electrons. The molecule has 3 aromatic rings. The Morgan fingerprint density at radius 2 is 1.97 bits per heavy atom. The second kappa shape index (κ2) is 9.20. The number of halogens is 4. The predicted octanol–water partition coefficient (Wildman–Crippen LogP) is 4.85. The van der Waals surface area contributed by atoms with Gasteiger partial charge in [-0.1, -0.05) is 0 Å². The second-order valence-corrected chi connectivity index (χ2v) is 8.66. The number of anilines is 2. The summed E-state index contributed by atoms with van der Waals surface area (Å²) in [6.45, 7) is 5.66. The third kappa shape index (κ3) is 5.39. The first-order valence-corrected chi connectivity index (χ1v) is 11.0. The van der Waals surface area contributed by atoms with Crippen LogP contribution >= 0.6 is 0 Å². The van der Waals surface area contributed by atoms with E-state index in [0.29, 0.717) is 47.6 Å². The molecule has 0 spiro atoms. The molecule has 0 aliphatic carbocycles. The van der Waals surface area contributed by atoms with Crippen LogP contribution in [0.5, 0.6) is 5.75 Å². The number of benzene rings is 2. The van der Waals surface area contributed by atoms with Crippen LogP contribution in [0.3, 0.4) is 0 Å². The number of rotatable bonds is 5. The molecule has 3 N–H and O–H groups in total. The van der Waals surface area contributed by atoms with Crippen molar-refractivity contribution >= 4 is 28.3 Å². The van der Waals surface area contributed by atoms with Crippen LogP contribution in [0.2, 0.25) is 0 Å². The molecule has 1 saturated heterocycles. The van der Waals surface area contributed by atoms with Crippen LogP contribution in [-0.2, 0) is 11.0 Å². The molecule has 1 aliphatic heterocycles. The van der Waals surface area contributed by atoms with Gasteiger partial charge >= 0.3 is 6.18 Å². The molecular weight excluding hydrogens is 466 g/mol. The zero-order valence-corrected chi connectivity index (χ0v) is 19.4. The van der Waals surface area contributed by atoms with Gasteiger partial charge in [-0.3, -0.25) is 4.79 Å². The van der Waals surface area contributed by atoms with Gasteiger partial charge in [0, 0.05) is 37.0 Å². The van der Waals surface area contributed by atoms with E-state index >= 15 is 0 Å². The molecule has 4 rings (SSSR count). The molecule has 0 unspecified atom stereocenters. The number of ether oxygens (including phenoxy) is 1. The largest absolute Gasteiger partial charge is 0.485 e. The maximum absolute atomic E-state index is 14.8.